The van der Waals surface area contributed by atoms with Gasteiger partial charge in [-0.25, -0.2) is 4.99 Å². The molecule has 29 heavy (non-hydrogen) atoms. The van der Waals surface area contributed by atoms with Crippen LogP contribution < -0.4 is 5.32 Å². The number of amides is 1. The van der Waals surface area contributed by atoms with E-state index in [4.69, 9.17) is 0 Å². The fraction of sp³-hybridized carbons (Fsp3) is 0.381. The van der Waals surface area contributed by atoms with Gasteiger partial charge in [-0.1, -0.05) is 26.2 Å². The van der Waals surface area contributed by atoms with Crippen LogP contribution in [0.3, 0.4) is 0 Å². The smallest absolute Gasteiger partial charge is 0.289 e. The quantitative estimate of drug-likeness (QED) is 0.428. The largest absolute Gasteiger partial charge is 0.352 e. The van der Waals surface area contributed by atoms with Crippen LogP contribution in [0.1, 0.15) is 26.0 Å². The molecule has 1 aromatic heterocycles. The molecule has 1 aromatic rings. The van der Waals surface area contributed by atoms with E-state index in [2.05, 4.69) is 28.5 Å². The number of anilines is 1. The van der Waals surface area contributed by atoms with Crippen molar-refractivity contribution in [2.24, 2.45) is 4.99 Å². The zero-order valence-corrected chi connectivity index (χ0v) is 16.9. The molecule has 0 radical (unpaired) electrons. The zero-order chi connectivity index (χ0) is 21.4. The van der Waals surface area contributed by atoms with Crippen molar-refractivity contribution in [3.8, 4) is 0 Å². The Kier molecular flexibility index (Phi) is 7.64. The van der Waals surface area contributed by atoms with E-state index in [-0.39, 0.29) is 18.0 Å². The van der Waals surface area contributed by atoms with Crippen LogP contribution in [0.25, 0.3) is 0 Å². The Labute approximate surface area is 170 Å². The van der Waals surface area contributed by atoms with Crippen LogP contribution in [-0.4, -0.2) is 52.7 Å². The third-order valence-corrected chi connectivity index (χ3v) is 4.56. The van der Waals surface area contributed by atoms with Crippen LogP contribution in [0, 0.1) is 0 Å². The number of pyridine rings is 1. The standard InChI is InChI=1S/C21H27F2N5O/c1-5-10-24-20(28-13-11-27(12-14-28)19(29)6-2)16(4)26-17-8-9-18(25-15-17)21(22,23)7-3/h5-6,8-10,15,26H,2,4,7,11-14H2,1,3H3/b10-5-,24-20?. The second-order valence-corrected chi connectivity index (χ2v) is 6.55. The Morgan fingerprint density at radius 1 is 1.31 bits per heavy atom. The number of nitrogens with one attached hydrogen (secondary N) is 1. The Hall–Kier alpha value is -3.03. The van der Waals surface area contributed by atoms with Crippen molar-refractivity contribution < 1.29 is 13.6 Å². The molecular formula is C21H27F2N5O. The molecule has 6 nitrogen and oxygen atoms in total. The summed E-state index contributed by atoms with van der Waals surface area (Å²) in [5.41, 5.74) is 0.796. The highest BCUT2D eigenvalue weighted by atomic mass is 19.3. The molecule has 0 spiro atoms. The van der Waals surface area contributed by atoms with Crippen LogP contribution in [0.4, 0.5) is 14.5 Å². The first-order valence-electron chi connectivity index (χ1n) is 9.48. The van der Waals surface area contributed by atoms with Crippen molar-refractivity contribution in [3.63, 3.8) is 0 Å². The van der Waals surface area contributed by atoms with Crippen LogP contribution in [0.15, 0.2) is 60.5 Å². The summed E-state index contributed by atoms with van der Waals surface area (Å²) in [5, 5.41) is 3.09. The summed E-state index contributed by atoms with van der Waals surface area (Å²) in [6.07, 6.45) is 5.82. The van der Waals surface area contributed by atoms with Crippen molar-refractivity contribution in [2.45, 2.75) is 26.2 Å². The maximum atomic E-state index is 13.7. The second-order valence-electron chi connectivity index (χ2n) is 6.55. The van der Waals surface area contributed by atoms with E-state index in [1.165, 1.54) is 25.3 Å². The molecular weight excluding hydrogens is 376 g/mol. The Balaban J connectivity index is 2.10. The lowest BCUT2D eigenvalue weighted by atomic mass is 10.1. The predicted molar refractivity (Wildman–Crippen MR) is 112 cm³/mol. The molecule has 1 fully saturated rings. The summed E-state index contributed by atoms with van der Waals surface area (Å²) in [4.78, 5) is 23.8. The number of rotatable bonds is 7. The Bertz CT molecular complexity index is 794. The molecule has 1 saturated heterocycles. The number of aliphatic imine (C=N–C) groups is 1. The monoisotopic (exact) mass is 403 g/mol. The van der Waals surface area contributed by atoms with Crippen molar-refractivity contribution in [2.75, 3.05) is 31.5 Å². The van der Waals surface area contributed by atoms with Gasteiger partial charge in [0.15, 0.2) is 5.84 Å². The fourth-order valence-electron chi connectivity index (χ4n) is 2.86. The van der Waals surface area contributed by atoms with Gasteiger partial charge in [0.25, 0.3) is 5.92 Å². The van der Waals surface area contributed by atoms with E-state index in [0.29, 0.717) is 43.4 Å². The van der Waals surface area contributed by atoms with Gasteiger partial charge < -0.3 is 15.1 Å². The summed E-state index contributed by atoms with van der Waals surface area (Å²) in [6, 6.07) is 2.85. The molecule has 2 rings (SSSR count). The summed E-state index contributed by atoms with van der Waals surface area (Å²) in [7, 11) is 0. The first-order chi connectivity index (χ1) is 13.8. The number of piperazine rings is 1. The molecule has 156 valence electrons. The van der Waals surface area contributed by atoms with Crippen LogP contribution in [-0.2, 0) is 10.7 Å². The summed E-state index contributed by atoms with van der Waals surface area (Å²) in [6.45, 7) is 13.1. The van der Waals surface area contributed by atoms with Gasteiger partial charge in [0.2, 0.25) is 5.91 Å². The van der Waals surface area contributed by atoms with E-state index in [9.17, 15) is 13.6 Å². The topological polar surface area (TPSA) is 60.8 Å². The number of hydrogen-bond acceptors (Lipinski definition) is 4. The first-order valence-corrected chi connectivity index (χ1v) is 9.48. The predicted octanol–water partition coefficient (Wildman–Crippen LogP) is 3.77. The minimum Gasteiger partial charge on any atom is -0.352 e. The van der Waals surface area contributed by atoms with Gasteiger partial charge in [0, 0.05) is 38.8 Å². The van der Waals surface area contributed by atoms with Gasteiger partial charge in [-0.3, -0.25) is 9.78 Å². The highest BCUT2D eigenvalue weighted by Crippen LogP contribution is 2.30. The van der Waals surface area contributed by atoms with Gasteiger partial charge >= 0.3 is 0 Å². The lowest BCUT2D eigenvalue weighted by molar-refractivity contribution is -0.127. The molecule has 2 heterocycles. The molecule has 0 unspecified atom stereocenters. The number of nitrogens with zero attached hydrogens (tertiary/aromatic N) is 4. The molecule has 0 atom stereocenters. The minimum atomic E-state index is -2.95. The number of alkyl halides is 2. The van der Waals surface area contributed by atoms with E-state index in [1.807, 2.05) is 11.8 Å². The van der Waals surface area contributed by atoms with Crippen molar-refractivity contribution >= 4 is 17.4 Å². The average Bonchev–Trinajstić information content (AvgIpc) is 2.74. The third kappa shape index (κ3) is 5.73. The molecule has 1 amide bonds. The van der Waals surface area contributed by atoms with Gasteiger partial charge in [0.05, 0.1) is 17.6 Å². The van der Waals surface area contributed by atoms with E-state index >= 15 is 0 Å². The Morgan fingerprint density at radius 2 is 1.97 bits per heavy atom. The van der Waals surface area contributed by atoms with Crippen molar-refractivity contribution in [1.82, 2.24) is 14.8 Å². The summed E-state index contributed by atoms with van der Waals surface area (Å²) in [5.74, 6) is -2.42. The summed E-state index contributed by atoms with van der Waals surface area (Å²) >= 11 is 0. The molecule has 1 N–H and O–H groups in total. The van der Waals surface area contributed by atoms with Crippen LogP contribution >= 0.6 is 0 Å². The van der Waals surface area contributed by atoms with Crippen molar-refractivity contribution in [1.29, 1.82) is 0 Å². The van der Waals surface area contributed by atoms with Gasteiger partial charge in [-0.2, -0.15) is 8.78 Å². The maximum absolute atomic E-state index is 13.7. The van der Waals surface area contributed by atoms with Crippen molar-refractivity contribution in [3.05, 3.63) is 61.2 Å². The SMILES string of the molecule is C=CC(=O)N1CCN(C(=N/C=C\C)C(=C)Nc2ccc(C(F)(F)CC)nc2)CC1. The number of carbonyl (C=O) groups excluding carboxylic acids is 1. The normalized spacial score (nSPS) is 15.5. The molecule has 0 aliphatic carbocycles. The van der Waals surface area contributed by atoms with E-state index < -0.39 is 5.92 Å². The second kappa shape index (κ2) is 9.95. The van der Waals surface area contributed by atoms with Crippen LogP contribution in [0.5, 0.6) is 0 Å². The van der Waals surface area contributed by atoms with E-state index in [1.54, 1.807) is 23.2 Å². The maximum Gasteiger partial charge on any atom is 0.289 e. The number of aromatic nitrogens is 1. The molecule has 1 aliphatic heterocycles. The highest BCUT2D eigenvalue weighted by Gasteiger charge is 2.30. The lowest BCUT2D eigenvalue weighted by Crippen LogP contribution is -2.51. The molecule has 0 bridgehead atoms. The molecule has 1 aliphatic rings. The highest BCUT2D eigenvalue weighted by molar-refractivity contribution is 6.00. The third-order valence-electron chi connectivity index (χ3n) is 4.56. The lowest BCUT2D eigenvalue weighted by Gasteiger charge is -2.36. The first kappa shape index (κ1) is 22.3. The number of amidine groups is 1. The summed E-state index contributed by atoms with van der Waals surface area (Å²) < 4.78 is 27.5. The van der Waals surface area contributed by atoms with E-state index in [0.717, 1.165) is 0 Å². The van der Waals surface area contributed by atoms with Gasteiger partial charge in [-0.05, 0) is 25.1 Å². The Morgan fingerprint density at radius 3 is 2.48 bits per heavy atom. The number of halogens is 2. The average molecular weight is 403 g/mol. The van der Waals surface area contributed by atoms with Crippen LogP contribution in [0.2, 0.25) is 0 Å². The number of hydrogen-bond donors (Lipinski definition) is 1. The number of allylic oxidation sites excluding steroid dienone is 1. The fourth-order valence-corrected chi connectivity index (χ4v) is 2.86. The zero-order valence-electron chi connectivity index (χ0n) is 16.9. The minimum absolute atomic E-state index is 0.0939. The van der Waals surface area contributed by atoms with Gasteiger partial charge in [-0.15, -0.1) is 0 Å². The van der Waals surface area contributed by atoms with Gasteiger partial charge in [0.1, 0.15) is 5.69 Å². The number of carbonyl (C=O) groups is 1. The molecule has 8 heteroatoms. The molecule has 0 saturated carbocycles. The molecule has 0 aromatic carbocycles.